The van der Waals surface area contributed by atoms with E-state index in [2.05, 4.69) is 5.32 Å². The maximum Gasteiger partial charge on any atom is 0.344 e. The summed E-state index contributed by atoms with van der Waals surface area (Å²) in [6.45, 7) is 3.36. The van der Waals surface area contributed by atoms with E-state index in [-0.39, 0.29) is 22.2 Å². The van der Waals surface area contributed by atoms with Gasteiger partial charge in [-0.05, 0) is 61.0 Å². The Balaban J connectivity index is 1.98. The van der Waals surface area contributed by atoms with Gasteiger partial charge in [-0.15, -0.1) is 0 Å². The van der Waals surface area contributed by atoms with Crippen molar-refractivity contribution < 1.29 is 29.0 Å². The van der Waals surface area contributed by atoms with Gasteiger partial charge in [0.05, 0.1) is 12.8 Å². The van der Waals surface area contributed by atoms with Gasteiger partial charge in [0.2, 0.25) is 0 Å². The second kappa shape index (κ2) is 9.61. The van der Waals surface area contributed by atoms with Crippen molar-refractivity contribution in [3.8, 4) is 11.5 Å². The lowest BCUT2D eigenvalue weighted by Gasteiger charge is -2.30. The minimum absolute atomic E-state index is 0.0158. The average molecular weight is 455 g/mol. The Labute approximate surface area is 190 Å². The first-order valence-electron chi connectivity index (χ1n) is 9.83. The van der Waals surface area contributed by atoms with Crippen molar-refractivity contribution in [1.29, 1.82) is 0 Å². The van der Waals surface area contributed by atoms with Gasteiger partial charge < -0.3 is 14.6 Å². The number of benzene rings is 2. The predicted octanol–water partition coefficient (Wildman–Crippen LogP) is 2.94. The van der Waals surface area contributed by atoms with E-state index in [1.807, 2.05) is 19.1 Å². The van der Waals surface area contributed by atoms with Crippen molar-refractivity contribution in [2.24, 2.45) is 0 Å². The summed E-state index contributed by atoms with van der Waals surface area (Å²) in [4.78, 5) is 38.2. The number of ether oxygens (including phenoxy) is 2. The van der Waals surface area contributed by atoms with Gasteiger partial charge in [-0.1, -0.05) is 31.2 Å². The minimum Gasteiger partial charge on any atom is -0.493 e. The quantitative estimate of drug-likeness (QED) is 0.376. The van der Waals surface area contributed by atoms with Crippen LogP contribution in [0, 0.1) is 0 Å². The first-order valence-corrected chi connectivity index (χ1v) is 10.2. The molecule has 0 spiro atoms. The van der Waals surface area contributed by atoms with Gasteiger partial charge in [0, 0.05) is 0 Å². The van der Waals surface area contributed by atoms with Crippen LogP contribution in [-0.4, -0.2) is 41.2 Å². The Hall–Kier alpha value is -3.72. The van der Waals surface area contributed by atoms with Crippen LogP contribution in [0.5, 0.6) is 11.5 Å². The molecule has 166 valence electrons. The Bertz CT molecular complexity index is 1130. The molecule has 2 amide bonds. The third kappa shape index (κ3) is 4.62. The smallest absolute Gasteiger partial charge is 0.344 e. The summed E-state index contributed by atoms with van der Waals surface area (Å²) in [7, 11) is 1.41. The lowest BCUT2D eigenvalue weighted by molar-refractivity contribution is -0.144. The van der Waals surface area contributed by atoms with Crippen molar-refractivity contribution in [3.63, 3.8) is 0 Å². The van der Waals surface area contributed by atoms with Gasteiger partial charge in [-0.3, -0.25) is 19.8 Å². The number of nitrogens with zero attached hydrogens (tertiary/aromatic N) is 1. The molecule has 0 aliphatic carbocycles. The molecule has 1 aliphatic heterocycles. The number of carbonyl (C=O) groups excluding carboxylic acids is 2. The van der Waals surface area contributed by atoms with E-state index >= 15 is 0 Å². The van der Waals surface area contributed by atoms with Crippen LogP contribution >= 0.6 is 12.2 Å². The molecule has 0 unspecified atom stereocenters. The van der Waals surface area contributed by atoms with E-state index in [1.54, 1.807) is 24.3 Å². The number of aryl methyl sites for hydroxylation is 1. The number of hydrogen-bond donors (Lipinski definition) is 2. The molecule has 8 nitrogen and oxygen atoms in total. The zero-order chi connectivity index (χ0) is 23.4. The number of carboxylic acid groups (broad SMARTS) is 1. The van der Waals surface area contributed by atoms with Crippen LogP contribution in [-0.2, 0) is 20.8 Å². The molecule has 0 aromatic heterocycles. The lowest BCUT2D eigenvalue weighted by atomic mass is 10.0. The highest BCUT2D eigenvalue weighted by atomic mass is 32.1. The van der Waals surface area contributed by atoms with E-state index in [9.17, 15) is 14.4 Å². The second-order valence-electron chi connectivity index (χ2n) is 6.95. The number of hydrogen-bond acceptors (Lipinski definition) is 6. The lowest BCUT2D eigenvalue weighted by Crippen LogP contribution is -2.54. The number of para-hydroxylation sites is 1. The topological polar surface area (TPSA) is 105 Å². The van der Waals surface area contributed by atoms with Crippen LogP contribution in [0.2, 0.25) is 0 Å². The number of rotatable bonds is 7. The predicted molar refractivity (Wildman–Crippen MR) is 123 cm³/mol. The Morgan fingerprint density at radius 1 is 1.22 bits per heavy atom. The molecule has 1 aliphatic rings. The number of carbonyl (C=O) groups is 3. The average Bonchev–Trinajstić information content (AvgIpc) is 2.77. The molecule has 1 heterocycles. The summed E-state index contributed by atoms with van der Waals surface area (Å²) in [5.74, 6) is -1.78. The number of aliphatic carboxylic acids is 1. The first kappa shape index (κ1) is 23.0. The molecule has 1 saturated heterocycles. The summed E-state index contributed by atoms with van der Waals surface area (Å²) in [6.07, 6.45) is 1.03. The van der Waals surface area contributed by atoms with E-state index in [1.165, 1.54) is 31.1 Å². The van der Waals surface area contributed by atoms with E-state index in [0.29, 0.717) is 17.7 Å². The van der Waals surface area contributed by atoms with Crippen molar-refractivity contribution in [3.05, 3.63) is 59.2 Å². The minimum atomic E-state index is -1.12. The fourth-order valence-corrected chi connectivity index (χ4v) is 3.46. The van der Waals surface area contributed by atoms with Crippen molar-refractivity contribution in [2.75, 3.05) is 12.0 Å². The normalized spacial score (nSPS) is 16.0. The summed E-state index contributed by atoms with van der Waals surface area (Å²) >= 11 is 5.27. The Kier molecular flexibility index (Phi) is 6.89. The van der Waals surface area contributed by atoms with E-state index in [0.717, 1.165) is 5.56 Å². The Morgan fingerprint density at radius 3 is 2.59 bits per heavy atom. The highest BCUT2D eigenvalue weighted by molar-refractivity contribution is 7.80. The largest absolute Gasteiger partial charge is 0.493 e. The highest BCUT2D eigenvalue weighted by Gasteiger charge is 2.35. The molecule has 1 fully saturated rings. The number of anilines is 1. The molecular weight excluding hydrogens is 432 g/mol. The van der Waals surface area contributed by atoms with Crippen LogP contribution in [0.1, 0.15) is 25.0 Å². The van der Waals surface area contributed by atoms with Gasteiger partial charge in [-0.2, -0.15) is 0 Å². The maximum absolute atomic E-state index is 13.2. The SMILES string of the molecule is CCc1ccccc1N1C(=O)/C(=C/c2ccc(O[C@H](C)C(=O)O)c(OC)c2)C(=O)NC1=S. The van der Waals surface area contributed by atoms with Gasteiger partial charge in [-0.25, -0.2) is 4.79 Å². The third-order valence-electron chi connectivity index (χ3n) is 4.87. The van der Waals surface area contributed by atoms with Gasteiger partial charge in [0.25, 0.3) is 11.8 Å². The number of amides is 2. The summed E-state index contributed by atoms with van der Waals surface area (Å²) in [5.41, 5.74) is 1.92. The van der Waals surface area contributed by atoms with Crippen LogP contribution in [0.25, 0.3) is 6.08 Å². The Morgan fingerprint density at radius 2 is 1.94 bits per heavy atom. The van der Waals surface area contributed by atoms with Crippen molar-refractivity contribution in [1.82, 2.24) is 5.32 Å². The highest BCUT2D eigenvalue weighted by Crippen LogP contribution is 2.31. The zero-order valence-corrected chi connectivity index (χ0v) is 18.6. The molecule has 2 aromatic rings. The molecule has 0 bridgehead atoms. The molecular formula is C23H22N2O6S. The van der Waals surface area contributed by atoms with Gasteiger partial charge >= 0.3 is 5.97 Å². The fraction of sp³-hybridized carbons (Fsp3) is 0.217. The molecule has 1 atom stereocenters. The number of thiocarbonyl (C=S) groups is 1. The van der Waals surface area contributed by atoms with E-state index in [4.69, 9.17) is 26.8 Å². The van der Waals surface area contributed by atoms with Crippen LogP contribution < -0.4 is 19.7 Å². The summed E-state index contributed by atoms with van der Waals surface area (Å²) in [5, 5.41) is 11.6. The van der Waals surface area contributed by atoms with Gasteiger partial charge in [0.1, 0.15) is 5.57 Å². The third-order valence-corrected chi connectivity index (χ3v) is 5.15. The molecule has 2 aromatic carbocycles. The van der Waals surface area contributed by atoms with Crippen LogP contribution in [0.15, 0.2) is 48.0 Å². The number of nitrogens with one attached hydrogen (secondary N) is 1. The van der Waals surface area contributed by atoms with Crippen molar-refractivity contribution >= 4 is 46.9 Å². The van der Waals surface area contributed by atoms with E-state index < -0.39 is 23.9 Å². The molecule has 2 N–H and O–H groups in total. The van der Waals surface area contributed by atoms with Crippen LogP contribution in [0.4, 0.5) is 5.69 Å². The zero-order valence-electron chi connectivity index (χ0n) is 17.7. The molecule has 9 heteroatoms. The number of carboxylic acids is 1. The summed E-state index contributed by atoms with van der Waals surface area (Å²) < 4.78 is 10.7. The second-order valence-corrected chi connectivity index (χ2v) is 7.34. The van der Waals surface area contributed by atoms with Gasteiger partial charge in [0.15, 0.2) is 22.7 Å². The number of methoxy groups -OCH3 is 1. The fourth-order valence-electron chi connectivity index (χ4n) is 3.18. The molecule has 0 saturated carbocycles. The molecule has 32 heavy (non-hydrogen) atoms. The standard InChI is InChI=1S/C23H22N2O6S/c1-4-15-7-5-6-8-17(15)25-21(27)16(20(26)24-23(25)32)11-14-9-10-18(19(12-14)30-3)31-13(2)22(28)29/h5-13H,4H2,1-3H3,(H,28,29)(H,24,26,32)/b16-11+/t13-/m1/s1. The van der Waals surface area contributed by atoms with Crippen LogP contribution in [0.3, 0.4) is 0 Å². The first-order chi connectivity index (χ1) is 15.3. The summed E-state index contributed by atoms with van der Waals surface area (Å²) in [6, 6.07) is 12.0. The van der Waals surface area contributed by atoms with Crippen molar-refractivity contribution in [2.45, 2.75) is 26.4 Å². The maximum atomic E-state index is 13.2. The molecule has 3 rings (SSSR count). The monoisotopic (exact) mass is 454 g/mol. The molecule has 0 radical (unpaired) electrons.